The van der Waals surface area contributed by atoms with Crippen molar-refractivity contribution in [1.29, 1.82) is 0 Å². The van der Waals surface area contributed by atoms with Gasteiger partial charge in [0.05, 0.1) is 4.47 Å². The lowest BCUT2D eigenvalue weighted by atomic mass is 10.2. The molecule has 0 atom stereocenters. The molecule has 0 aromatic heterocycles. The summed E-state index contributed by atoms with van der Waals surface area (Å²) in [7, 11) is 0. The second-order valence-corrected chi connectivity index (χ2v) is 3.66. The zero-order valence-corrected chi connectivity index (χ0v) is 9.28. The third kappa shape index (κ3) is 3.71. The van der Waals surface area contributed by atoms with Crippen molar-refractivity contribution in [2.45, 2.75) is 6.36 Å². The smallest absolute Gasteiger partial charge is 0.405 e. The summed E-state index contributed by atoms with van der Waals surface area (Å²) in [5.74, 6) is -0.506. The Hall–Kier alpha value is -0.750. The quantitative estimate of drug-likeness (QED) is 0.778. The second kappa shape index (κ2) is 4.40. The summed E-state index contributed by atoms with van der Waals surface area (Å²) < 4.78 is 39.4. The number of carbonyl (C=O) groups is 1. The van der Waals surface area contributed by atoms with Crippen molar-refractivity contribution in [1.82, 2.24) is 0 Å². The highest BCUT2D eigenvalue weighted by molar-refractivity contribution is 9.10. The minimum absolute atomic E-state index is 0.0703. The van der Waals surface area contributed by atoms with E-state index in [0.717, 1.165) is 6.07 Å². The summed E-state index contributed by atoms with van der Waals surface area (Å²) in [4.78, 5) is 10.7. The second-order valence-electron chi connectivity index (χ2n) is 2.47. The lowest BCUT2D eigenvalue weighted by molar-refractivity contribution is -0.274. The summed E-state index contributed by atoms with van der Waals surface area (Å²) in [6.45, 7) is 0. The summed E-state index contributed by atoms with van der Waals surface area (Å²) in [5.41, 5.74) is -0.0703. The molecule has 0 amide bonds. The van der Waals surface area contributed by atoms with E-state index >= 15 is 0 Å². The number of hydrogen-bond donors (Lipinski definition) is 0. The Morgan fingerprint density at radius 2 is 2.00 bits per heavy atom. The van der Waals surface area contributed by atoms with Crippen molar-refractivity contribution in [3.8, 4) is 5.75 Å². The van der Waals surface area contributed by atoms with Crippen LogP contribution in [0.5, 0.6) is 5.75 Å². The molecule has 0 aliphatic rings. The van der Waals surface area contributed by atoms with Crippen LogP contribution in [-0.2, 0) is 0 Å². The number of carbonyl (C=O) groups excluding carboxylic acids is 1. The molecule has 0 radical (unpaired) electrons. The van der Waals surface area contributed by atoms with E-state index in [2.05, 4.69) is 20.7 Å². The number of hydrogen-bond acceptors (Lipinski definition) is 2. The maximum Gasteiger partial charge on any atom is 0.573 e. The molecule has 0 N–H and O–H groups in total. The van der Waals surface area contributed by atoms with Crippen LogP contribution in [0.1, 0.15) is 10.4 Å². The predicted molar refractivity (Wildman–Crippen MR) is 51.0 cm³/mol. The van der Waals surface area contributed by atoms with Gasteiger partial charge < -0.3 is 4.74 Å². The van der Waals surface area contributed by atoms with E-state index in [0.29, 0.717) is 0 Å². The van der Waals surface area contributed by atoms with Crippen molar-refractivity contribution >= 4 is 32.8 Å². The van der Waals surface area contributed by atoms with Gasteiger partial charge in [-0.2, -0.15) is 0 Å². The fraction of sp³-hybridized carbons (Fsp3) is 0.125. The maximum absolute atomic E-state index is 11.9. The van der Waals surface area contributed by atoms with Crippen molar-refractivity contribution in [3.05, 3.63) is 28.2 Å². The van der Waals surface area contributed by atoms with E-state index in [1.165, 1.54) is 12.1 Å². The van der Waals surface area contributed by atoms with Gasteiger partial charge in [0, 0.05) is 5.56 Å². The van der Waals surface area contributed by atoms with Crippen LogP contribution in [-0.4, -0.2) is 11.6 Å². The highest BCUT2D eigenvalue weighted by Crippen LogP contribution is 2.31. The average molecular weight is 303 g/mol. The number of rotatable bonds is 2. The van der Waals surface area contributed by atoms with Gasteiger partial charge in [-0.1, -0.05) is 0 Å². The van der Waals surface area contributed by atoms with Gasteiger partial charge in [-0.15, -0.1) is 13.2 Å². The molecule has 0 heterocycles. The van der Waals surface area contributed by atoms with Crippen LogP contribution in [0, 0.1) is 0 Å². The minimum Gasteiger partial charge on any atom is -0.405 e. The predicted octanol–water partition coefficient (Wildman–Crippen LogP) is 3.73. The molecule has 0 aliphatic heterocycles. The van der Waals surface area contributed by atoms with Gasteiger partial charge in [-0.25, -0.2) is 0 Å². The van der Waals surface area contributed by atoms with Gasteiger partial charge in [0.1, 0.15) is 5.75 Å². The van der Waals surface area contributed by atoms with Crippen molar-refractivity contribution < 1.29 is 22.7 Å². The van der Waals surface area contributed by atoms with Gasteiger partial charge in [0.15, 0.2) is 0 Å². The van der Waals surface area contributed by atoms with Crippen molar-refractivity contribution in [2.75, 3.05) is 0 Å². The molecular weight excluding hydrogens is 300 g/mol. The molecule has 82 valence electrons. The summed E-state index contributed by atoms with van der Waals surface area (Å²) >= 11 is 7.96. The Morgan fingerprint density at radius 1 is 1.40 bits per heavy atom. The van der Waals surface area contributed by atoms with Crippen LogP contribution in [0.4, 0.5) is 13.2 Å². The number of alkyl halides is 3. The molecule has 1 aromatic rings. The van der Waals surface area contributed by atoms with Crippen LogP contribution < -0.4 is 4.74 Å². The van der Waals surface area contributed by atoms with Crippen molar-refractivity contribution in [2.24, 2.45) is 0 Å². The molecule has 2 nitrogen and oxygen atoms in total. The molecule has 7 heteroatoms. The van der Waals surface area contributed by atoms with E-state index in [9.17, 15) is 18.0 Å². The van der Waals surface area contributed by atoms with Gasteiger partial charge in [-0.05, 0) is 45.7 Å². The Morgan fingerprint density at radius 3 is 2.47 bits per heavy atom. The summed E-state index contributed by atoms with van der Waals surface area (Å²) in [5, 5.41) is -0.852. The van der Waals surface area contributed by atoms with Crippen molar-refractivity contribution in [3.63, 3.8) is 0 Å². The van der Waals surface area contributed by atoms with Gasteiger partial charge in [0.2, 0.25) is 0 Å². The zero-order valence-electron chi connectivity index (χ0n) is 6.94. The lowest BCUT2D eigenvalue weighted by Crippen LogP contribution is -2.17. The van der Waals surface area contributed by atoms with E-state index < -0.39 is 17.4 Å². The fourth-order valence-electron chi connectivity index (χ4n) is 0.829. The SMILES string of the molecule is O=C(Cl)c1ccc(Br)c(OC(F)(F)F)c1. The van der Waals surface area contributed by atoms with Gasteiger partial charge in [0.25, 0.3) is 5.24 Å². The first-order valence-corrected chi connectivity index (χ1v) is 4.72. The first-order chi connectivity index (χ1) is 6.79. The van der Waals surface area contributed by atoms with E-state index in [1.54, 1.807) is 0 Å². The van der Waals surface area contributed by atoms with Crippen LogP contribution in [0.3, 0.4) is 0 Å². The Labute approximate surface area is 96.1 Å². The zero-order chi connectivity index (χ0) is 11.6. The van der Waals surface area contributed by atoms with Crippen LogP contribution >= 0.6 is 27.5 Å². The van der Waals surface area contributed by atoms with Gasteiger partial charge in [-0.3, -0.25) is 4.79 Å². The minimum atomic E-state index is -4.81. The highest BCUT2D eigenvalue weighted by Gasteiger charge is 2.32. The average Bonchev–Trinajstić information content (AvgIpc) is 2.06. The Balaban J connectivity index is 3.06. The molecule has 0 bridgehead atoms. The first kappa shape index (κ1) is 12.3. The number of ether oxygens (including phenoxy) is 1. The van der Waals surface area contributed by atoms with Crippen LogP contribution in [0.2, 0.25) is 0 Å². The lowest BCUT2D eigenvalue weighted by Gasteiger charge is -2.10. The largest absolute Gasteiger partial charge is 0.573 e. The highest BCUT2D eigenvalue weighted by atomic mass is 79.9. The molecular formula is C8H3BrClF3O2. The van der Waals surface area contributed by atoms with E-state index in [4.69, 9.17) is 11.6 Å². The number of halogens is 5. The van der Waals surface area contributed by atoms with Crippen LogP contribution in [0.25, 0.3) is 0 Å². The van der Waals surface area contributed by atoms with E-state index in [-0.39, 0.29) is 10.0 Å². The molecule has 0 saturated carbocycles. The molecule has 15 heavy (non-hydrogen) atoms. The molecule has 0 aliphatic carbocycles. The third-order valence-electron chi connectivity index (χ3n) is 1.38. The first-order valence-electron chi connectivity index (χ1n) is 3.55. The standard InChI is InChI=1S/C8H3BrClF3O2/c9-5-2-1-4(7(10)14)3-6(5)15-8(11,12)13/h1-3H. The normalized spacial score (nSPS) is 11.3. The monoisotopic (exact) mass is 302 g/mol. The Bertz CT molecular complexity index is 392. The topological polar surface area (TPSA) is 26.3 Å². The molecule has 0 unspecified atom stereocenters. The fourth-order valence-corrected chi connectivity index (χ4v) is 1.27. The Kier molecular flexibility index (Phi) is 3.62. The summed E-state index contributed by atoms with van der Waals surface area (Å²) in [6.07, 6.45) is -4.81. The molecule has 1 rings (SSSR count). The molecule has 0 saturated heterocycles. The molecule has 1 aromatic carbocycles. The summed E-state index contributed by atoms with van der Waals surface area (Å²) in [6, 6.07) is 3.44. The van der Waals surface area contributed by atoms with Crippen LogP contribution in [0.15, 0.2) is 22.7 Å². The molecule has 0 spiro atoms. The van der Waals surface area contributed by atoms with E-state index in [1.807, 2.05) is 0 Å². The van der Waals surface area contributed by atoms with Gasteiger partial charge >= 0.3 is 6.36 Å². The molecule has 0 fully saturated rings. The number of benzene rings is 1. The maximum atomic E-state index is 11.9. The third-order valence-corrected chi connectivity index (χ3v) is 2.26.